The van der Waals surface area contributed by atoms with Crippen LogP contribution in [0.1, 0.15) is 30.9 Å². The van der Waals surface area contributed by atoms with Gasteiger partial charge in [0.1, 0.15) is 0 Å². The number of pyridine rings is 1. The van der Waals surface area contributed by atoms with Gasteiger partial charge in [-0.1, -0.05) is 23.9 Å². The van der Waals surface area contributed by atoms with E-state index in [-0.39, 0.29) is 11.9 Å². The monoisotopic (exact) mass is 410 g/mol. The van der Waals surface area contributed by atoms with E-state index in [9.17, 15) is 4.79 Å². The summed E-state index contributed by atoms with van der Waals surface area (Å²) in [5, 5.41) is 9.09. The first kappa shape index (κ1) is 18.3. The molecule has 0 spiro atoms. The molecule has 8 heteroatoms. The number of fused-ring (bicyclic) bond motifs is 2. The summed E-state index contributed by atoms with van der Waals surface area (Å²) in [7, 11) is 0. The molecule has 0 aliphatic carbocycles. The molecule has 0 bridgehead atoms. The predicted molar refractivity (Wildman–Crippen MR) is 109 cm³/mol. The second kappa shape index (κ2) is 7.94. The summed E-state index contributed by atoms with van der Waals surface area (Å²) in [6, 6.07) is 11.9. The van der Waals surface area contributed by atoms with E-state index < -0.39 is 0 Å². The molecule has 1 amide bonds. The van der Waals surface area contributed by atoms with Crippen molar-refractivity contribution in [2.24, 2.45) is 0 Å². The Bertz CT molecular complexity index is 1040. The first-order valence-electron chi connectivity index (χ1n) is 9.91. The molecule has 2 aliphatic heterocycles. The Morgan fingerprint density at radius 2 is 2.00 bits per heavy atom. The highest BCUT2D eigenvalue weighted by atomic mass is 32.2. The summed E-state index contributed by atoms with van der Waals surface area (Å²) in [5.41, 5.74) is 1.90. The lowest BCUT2D eigenvalue weighted by Gasteiger charge is -2.25. The van der Waals surface area contributed by atoms with Gasteiger partial charge >= 0.3 is 0 Å². The van der Waals surface area contributed by atoms with Crippen molar-refractivity contribution in [2.75, 3.05) is 25.5 Å². The van der Waals surface area contributed by atoms with Crippen molar-refractivity contribution in [1.29, 1.82) is 0 Å². The van der Waals surface area contributed by atoms with Crippen molar-refractivity contribution < 1.29 is 14.3 Å². The SMILES string of the molecule is O=C(CSc1nnc2ccccn12)N1CCC[C@@H]1c1ccc2c(c1)OCCCO2. The largest absolute Gasteiger partial charge is 0.490 e. The third-order valence-electron chi connectivity index (χ3n) is 5.34. The average Bonchev–Trinajstić information content (AvgIpc) is 3.33. The molecule has 150 valence electrons. The van der Waals surface area contributed by atoms with E-state index in [1.54, 1.807) is 0 Å². The van der Waals surface area contributed by atoms with Gasteiger partial charge in [-0.15, -0.1) is 10.2 Å². The summed E-state index contributed by atoms with van der Waals surface area (Å²) in [6.45, 7) is 2.11. The number of hydrogen-bond donors (Lipinski definition) is 0. The number of amides is 1. The van der Waals surface area contributed by atoms with Crippen molar-refractivity contribution in [2.45, 2.75) is 30.5 Å². The lowest BCUT2D eigenvalue weighted by atomic mass is 10.0. The van der Waals surface area contributed by atoms with Crippen LogP contribution in [0.15, 0.2) is 47.8 Å². The van der Waals surface area contributed by atoms with Crippen molar-refractivity contribution in [1.82, 2.24) is 19.5 Å². The van der Waals surface area contributed by atoms with Crippen LogP contribution in [0.5, 0.6) is 11.5 Å². The third-order valence-corrected chi connectivity index (χ3v) is 6.26. The van der Waals surface area contributed by atoms with Crippen LogP contribution < -0.4 is 9.47 Å². The van der Waals surface area contributed by atoms with E-state index in [1.807, 2.05) is 45.8 Å². The van der Waals surface area contributed by atoms with Crippen molar-refractivity contribution in [3.05, 3.63) is 48.2 Å². The lowest BCUT2D eigenvalue weighted by Crippen LogP contribution is -2.32. The Labute approximate surface area is 173 Å². The Kier molecular flexibility index (Phi) is 5.01. The number of carbonyl (C=O) groups is 1. The van der Waals surface area contributed by atoms with E-state index in [1.165, 1.54) is 11.8 Å². The number of likely N-dealkylation sites (tertiary alicyclic amines) is 1. The van der Waals surface area contributed by atoms with Gasteiger partial charge in [-0.05, 0) is 42.7 Å². The van der Waals surface area contributed by atoms with Gasteiger partial charge in [0, 0.05) is 19.2 Å². The summed E-state index contributed by atoms with van der Waals surface area (Å²) in [5.74, 6) is 2.04. The average molecular weight is 410 g/mol. The minimum absolute atomic E-state index is 0.0791. The lowest BCUT2D eigenvalue weighted by molar-refractivity contribution is -0.129. The van der Waals surface area contributed by atoms with E-state index in [0.717, 1.165) is 53.7 Å². The van der Waals surface area contributed by atoms with E-state index >= 15 is 0 Å². The Morgan fingerprint density at radius 1 is 1.10 bits per heavy atom. The molecule has 29 heavy (non-hydrogen) atoms. The number of benzene rings is 1. The molecule has 0 saturated carbocycles. The highest BCUT2D eigenvalue weighted by molar-refractivity contribution is 7.99. The fourth-order valence-electron chi connectivity index (χ4n) is 3.93. The molecule has 7 nitrogen and oxygen atoms in total. The molecule has 0 N–H and O–H groups in total. The second-order valence-corrected chi connectivity index (χ2v) is 8.14. The molecule has 2 aliphatic rings. The third kappa shape index (κ3) is 3.64. The molecule has 4 heterocycles. The number of hydrogen-bond acceptors (Lipinski definition) is 6. The molecule has 5 rings (SSSR count). The van der Waals surface area contributed by atoms with Crippen LogP contribution in [0, 0.1) is 0 Å². The van der Waals surface area contributed by atoms with Crippen LogP contribution in [0.3, 0.4) is 0 Å². The number of ether oxygens (including phenoxy) is 2. The summed E-state index contributed by atoms with van der Waals surface area (Å²) >= 11 is 1.43. The van der Waals surface area contributed by atoms with E-state index in [0.29, 0.717) is 19.0 Å². The Hall–Kier alpha value is -2.74. The maximum absolute atomic E-state index is 13.0. The zero-order chi connectivity index (χ0) is 19.6. The number of thioether (sulfide) groups is 1. The quantitative estimate of drug-likeness (QED) is 0.615. The molecular weight excluding hydrogens is 388 g/mol. The predicted octanol–water partition coefficient (Wildman–Crippen LogP) is 3.35. The maximum atomic E-state index is 13.0. The maximum Gasteiger partial charge on any atom is 0.233 e. The standard InChI is InChI=1S/C21H22N4O3S/c26-20(14-29-21-23-22-19-6-1-2-9-25(19)21)24-10-3-5-16(24)15-7-8-17-18(13-15)28-12-4-11-27-17/h1-2,6-9,13,16H,3-5,10-12,14H2/t16-/m1/s1. The van der Waals surface area contributed by atoms with Crippen molar-refractivity contribution in [3.63, 3.8) is 0 Å². The van der Waals surface area contributed by atoms with Crippen LogP contribution in [-0.2, 0) is 4.79 Å². The van der Waals surface area contributed by atoms with Gasteiger partial charge in [0.2, 0.25) is 5.91 Å². The molecule has 1 atom stereocenters. The van der Waals surface area contributed by atoms with Crippen LogP contribution in [-0.4, -0.2) is 50.9 Å². The molecule has 1 aromatic carbocycles. The normalized spacial score (nSPS) is 18.8. The van der Waals surface area contributed by atoms with Gasteiger partial charge in [-0.3, -0.25) is 9.20 Å². The summed E-state index contributed by atoms with van der Waals surface area (Å²) < 4.78 is 13.5. The van der Waals surface area contributed by atoms with Crippen LogP contribution >= 0.6 is 11.8 Å². The fourth-order valence-corrected chi connectivity index (χ4v) is 4.74. The first-order chi connectivity index (χ1) is 14.3. The van der Waals surface area contributed by atoms with Crippen molar-refractivity contribution in [3.8, 4) is 11.5 Å². The fraction of sp³-hybridized carbons (Fsp3) is 0.381. The molecule has 3 aromatic rings. The van der Waals surface area contributed by atoms with Crippen molar-refractivity contribution >= 4 is 23.3 Å². The topological polar surface area (TPSA) is 69.0 Å². The van der Waals surface area contributed by atoms with Crippen LogP contribution in [0.25, 0.3) is 5.65 Å². The summed E-state index contributed by atoms with van der Waals surface area (Å²) in [4.78, 5) is 15.0. The van der Waals surface area contributed by atoms with Gasteiger partial charge in [-0.2, -0.15) is 0 Å². The highest BCUT2D eigenvalue weighted by Gasteiger charge is 2.31. The molecular formula is C21H22N4O3S. The van der Waals surface area contributed by atoms with Gasteiger partial charge in [0.25, 0.3) is 0 Å². The highest BCUT2D eigenvalue weighted by Crippen LogP contribution is 2.38. The van der Waals surface area contributed by atoms with Crippen LogP contribution in [0.4, 0.5) is 0 Å². The number of nitrogens with zero attached hydrogens (tertiary/aromatic N) is 4. The zero-order valence-electron chi connectivity index (χ0n) is 16.0. The molecule has 2 aromatic heterocycles. The molecule has 0 unspecified atom stereocenters. The van der Waals surface area contributed by atoms with Crippen LogP contribution in [0.2, 0.25) is 0 Å². The zero-order valence-corrected chi connectivity index (χ0v) is 16.8. The van der Waals surface area contributed by atoms with E-state index in [4.69, 9.17) is 9.47 Å². The first-order valence-corrected chi connectivity index (χ1v) is 10.9. The molecule has 0 radical (unpaired) electrons. The van der Waals surface area contributed by atoms with E-state index in [2.05, 4.69) is 16.3 Å². The smallest absolute Gasteiger partial charge is 0.233 e. The van der Waals surface area contributed by atoms with Gasteiger partial charge in [0.05, 0.1) is 25.0 Å². The van der Waals surface area contributed by atoms with Gasteiger partial charge in [0.15, 0.2) is 22.3 Å². The summed E-state index contributed by atoms with van der Waals surface area (Å²) in [6.07, 6.45) is 4.76. The Morgan fingerprint density at radius 3 is 2.93 bits per heavy atom. The second-order valence-electron chi connectivity index (χ2n) is 7.20. The van der Waals surface area contributed by atoms with Gasteiger partial charge < -0.3 is 14.4 Å². The molecule has 1 fully saturated rings. The molecule has 1 saturated heterocycles. The Balaban J connectivity index is 1.30. The number of aromatic nitrogens is 3. The van der Waals surface area contributed by atoms with Gasteiger partial charge in [-0.25, -0.2) is 0 Å². The minimum Gasteiger partial charge on any atom is -0.490 e. The number of rotatable bonds is 4. The number of carbonyl (C=O) groups excluding carboxylic acids is 1. The minimum atomic E-state index is 0.0791.